The lowest BCUT2D eigenvalue weighted by Gasteiger charge is -2.33. The van der Waals surface area contributed by atoms with E-state index in [9.17, 15) is 4.79 Å². The zero-order valence-electron chi connectivity index (χ0n) is 22.1. The third kappa shape index (κ3) is 5.40. The van der Waals surface area contributed by atoms with Crippen LogP contribution in [0.3, 0.4) is 0 Å². The van der Waals surface area contributed by atoms with Gasteiger partial charge in [-0.3, -0.25) is 9.78 Å². The van der Waals surface area contributed by atoms with Gasteiger partial charge < -0.3 is 20.4 Å². The summed E-state index contributed by atoms with van der Waals surface area (Å²) in [5, 5.41) is 6.98. The lowest BCUT2D eigenvalue weighted by molar-refractivity contribution is 0.0964. The maximum absolute atomic E-state index is 12.3. The number of carbonyl (C=O) groups excluding carboxylic acids is 1. The first-order valence-electron chi connectivity index (χ1n) is 13.0. The van der Waals surface area contributed by atoms with Crippen molar-refractivity contribution in [3.05, 3.63) is 66.4 Å². The van der Waals surface area contributed by atoms with Gasteiger partial charge in [0.1, 0.15) is 12.1 Å². The zero-order chi connectivity index (χ0) is 26.5. The summed E-state index contributed by atoms with van der Waals surface area (Å²) in [6, 6.07) is 9.63. The topological polar surface area (TPSA) is 112 Å². The summed E-state index contributed by atoms with van der Waals surface area (Å²) in [6.07, 6.45) is 6.89. The molecule has 3 aromatic heterocycles. The molecule has 1 atom stereocenters. The summed E-state index contributed by atoms with van der Waals surface area (Å²) in [6.45, 7) is 9.98. The molecule has 0 bridgehead atoms. The van der Waals surface area contributed by atoms with E-state index in [-0.39, 0.29) is 11.8 Å². The zero-order valence-corrected chi connectivity index (χ0v) is 22.1. The second-order valence-electron chi connectivity index (χ2n) is 9.44. The Morgan fingerprint density at radius 1 is 1.03 bits per heavy atom. The van der Waals surface area contributed by atoms with Crippen LogP contribution in [0.25, 0.3) is 22.2 Å². The summed E-state index contributed by atoms with van der Waals surface area (Å²) >= 11 is 0. The van der Waals surface area contributed by atoms with Gasteiger partial charge in [0.25, 0.3) is 5.91 Å². The van der Waals surface area contributed by atoms with Gasteiger partial charge in [-0.1, -0.05) is 32.0 Å². The van der Waals surface area contributed by atoms with Gasteiger partial charge in [-0.15, -0.1) is 0 Å². The number of nitrogens with zero attached hydrogens (tertiary/aromatic N) is 7. The molecule has 10 heteroatoms. The van der Waals surface area contributed by atoms with E-state index < -0.39 is 0 Å². The molecule has 1 aromatic carbocycles. The van der Waals surface area contributed by atoms with Crippen molar-refractivity contribution in [2.45, 2.75) is 19.8 Å². The van der Waals surface area contributed by atoms with E-state index >= 15 is 0 Å². The average Bonchev–Trinajstić information content (AvgIpc) is 2.99. The molecular weight excluding hydrogens is 478 g/mol. The fourth-order valence-corrected chi connectivity index (χ4v) is 4.79. The molecule has 10 nitrogen and oxygen atoms in total. The van der Waals surface area contributed by atoms with E-state index in [1.165, 1.54) is 0 Å². The molecule has 5 rings (SSSR count). The van der Waals surface area contributed by atoms with Crippen molar-refractivity contribution in [2.75, 3.05) is 56.5 Å². The van der Waals surface area contributed by atoms with Crippen molar-refractivity contribution < 1.29 is 4.79 Å². The van der Waals surface area contributed by atoms with Gasteiger partial charge in [0.15, 0.2) is 0 Å². The maximum Gasteiger partial charge on any atom is 0.251 e. The average molecular weight is 512 g/mol. The third-order valence-corrected chi connectivity index (χ3v) is 7.10. The van der Waals surface area contributed by atoms with Crippen molar-refractivity contribution >= 4 is 28.6 Å². The van der Waals surface area contributed by atoms with E-state index in [2.05, 4.69) is 65.3 Å². The van der Waals surface area contributed by atoms with Crippen LogP contribution in [0.4, 0.5) is 11.8 Å². The number of hydrogen-bond acceptors (Lipinski definition) is 9. The van der Waals surface area contributed by atoms with Crippen LogP contribution in [-0.2, 0) is 0 Å². The highest BCUT2D eigenvalue weighted by atomic mass is 16.1. The van der Waals surface area contributed by atoms with Crippen molar-refractivity contribution in [2.24, 2.45) is 0 Å². The van der Waals surface area contributed by atoms with Gasteiger partial charge in [0.05, 0.1) is 16.8 Å². The Balaban J connectivity index is 1.27. The molecule has 1 aliphatic heterocycles. The number of carbonyl (C=O) groups is 1. The van der Waals surface area contributed by atoms with Crippen LogP contribution in [0.2, 0.25) is 0 Å². The number of rotatable bonds is 8. The number of fused-ring (bicyclic) bond motifs is 1. The molecule has 0 radical (unpaired) electrons. The Labute approximate surface area is 222 Å². The lowest BCUT2D eigenvalue weighted by Crippen LogP contribution is -2.46. The number of anilines is 2. The number of likely N-dealkylation sites (N-methyl/N-ethyl adjacent to an activating group) is 1. The molecule has 1 aliphatic rings. The Bertz CT molecular complexity index is 1400. The molecule has 196 valence electrons. The van der Waals surface area contributed by atoms with Crippen LogP contribution in [0, 0.1) is 0 Å². The van der Waals surface area contributed by atoms with E-state index in [1.54, 1.807) is 25.6 Å². The number of benzene rings is 1. The molecule has 0 unspecified atom stereocenters. The fraction of sp³-hybridized carbons (Fsp3) is 0.357. The van der Waals surface area contributed by atoms with Gasteiger partial charge in [0, 0.05) is 81.3 Å². The van der Waals surface area contributed by atoms with E-state index in [0.717, 1.165) is 72.2 Å². The van der Waals surface area contributed by atoms with Gasteiger partial charge >= 0.3 is 0 Å². The molecule has 1 amide bonds. The molecule has 1 fully saturated rings. The molecule has 0 saturated carbocycles. The smallest absolute Gasteiger partial charge is 0.251 e. The number of hydrogen-bond donors (Lipinski definition) is 2. The summed E-state index contributed by atoms with van der Waals surface area (Å²) in [7, 11) is 1.63. The Hall–Kier alpha value is -4.18. The van der Waals surface area contributed by atoms with Gasteiger partial charge in [0.2, 0.25) is 5.95 Å². The van der Waals surface area contributed by atoms with Crippen LogP contribution in [-0.4, -0.2) is 82.0 Å². The van der Waals surface area contributed by atoms with Crippen LogP contribution in [0.15, 0.2) is 55.2 Å². The molecule has 4 heterocycles. The number of amides is 1. The summed E-state index contributed by atoms with van der Waals surface area (Å²) in [4.78, 5) is 39.6. The largest absolute Gasteiger partial charge is 0.369 e. The summed E-state index contributed by atoms with van der Waals surface area (Å²) < 4.78 is 0. The first-order chi connectivity index (χ1) is 18.6. The van der Waals surface area contributed by atoms with Gasteiger partial charge in [-0.25, -0.2) is 19.9 Å². The molecule has 2 N–H and O–H groups in total. The standard InChI is InChI=1S/C28H33N9O/c1-4-36-10-12-37(13-11-36)28-32-16-20(17-33-28)24-14-25(35-18-34-24)31-15-19(2)21-6-5-7-22-23(27(38)29-3)8-9-30-26(21)22/h5-9,14,16-19H,4,10-13,15H2,1-3H3,(H,29,38)(H,31,34,35)/t19-/m1/s1. The maximum atomic E-state index is 12.3. The van der Waals surface area contributed by atoms with E-state index in [0.29, 0.717) is 12.1 Å². The van der Waals surface area contributed by atoms with Crippen molar-refractivity contribution in [3.63, 3.8) is 0 Å². The number of para-hydroxylation sites is 1. The van der Waals surface area contributed by atoms with Crippen molar-refractivity contribution in [1.82, 2.24) is 35.1 Å². The van der Waals surface area contributed by atoms with E-state index in [1.807, 2.05) is 30.6 Å². The van der Waals surface area contributed by atoms with Gasteiger partial charge in [-0.2, -0.15) is 0 Å². The minimum absolute atomic E-state index is 0.120. The Morgan fingerprint density at radius 2 is 1.82 bits per heavy atom. The Morgan fingerprint density at radius 3 is 2.55 bits per heavy atom. The van der Waals surface area contributed by atoms with Gasteiger partial charge in [-0.05, 0) is 18.2 Å². The predicted molar refractivity (Wildman–Crippen MR) is 149 cm³/mol. The predicted octanol–water partition coefficient (Wildman–Crippen LogP) is 3.20. The number of nitrogens with one attached hydrogen (secondary N) is 2. The van der Waals surface area contributed by atoms with Crippen LogP contribution < -0.4 is 15.5 Å². The molecule has 38 heavy (non-hydrogen) atoms. The van der Waals surface area contributed by atoms with Crippen LogP contribution in [0.1, 0.15) is 35.7 Å². The molecule has 1 saturated heterocycles. The second-order valence-corrected chi connectivity index (χ2v) is 9.44. The number of aromatic nitrogens is 5. The van der Waals surface area contributed by atoms with Crippen molar-refractivity contribution in [3.8, 4) is 11.3 Å². The molecule has 4 aromatic rings. The van der Waals surface area contributed by atoms with Crippen LogP contribution in [0.5, 0.6) is 0 Å². The SMILES string of the molecule is CCN1CCN(c2ncc(-c3cc(NC[C@@H](C)c4cccc5c(C(=O)NC)ccnc45)ncn3)cn2)CC1. The van der Waals surface area contributed by atoms with E-state index in [4.69, 9.17) is 0 Å². The monoisotopic (exact) mass is 511 g/mol. The highest BCUT2D eigenvalue weighted by molar-refractivity contribution is 6.06. The lowest BCUT2D eigenvalue weighted by atomic mass is 9.96. The number of pyridine rings is 1. The second kappa shape index (κ2) is 11.5. The Kier molecular flexibility index (Phi) is 7.69. The van der Waals surface area contributed by atoms with Crippen molar-refractivity contribution in [1.29, 1.82) is 0 Å². The highest BCUT2D eigenvalue weighted by Crippen LogP contribution is 2.27. The molecule has 0 aliphatic carbocycles. The van der Waals surface area contributed by atoms with Crippen LogP contribution >= 0.6 is 0 Å². The third-order valence-electron chi connectivity index (χ3n) is 7.10. The summed E-state index contributed by atoms with van der Waals surface area (Å²) in [5.74, 6) is 1.49. The summed E-state index contributed by atoms with van der Waals surface area (Å²) in [5.41, 5.74) is 4.13. The normalized spacial score (nSPS) is 14.9. The first kappa shape index (κ1) is 25.5. The number of piperazine rings is 1. The quantitative estimate of drug-likeness (QED) is 0.368. The fourth-order valence-electron chi connectivity index (χ4n) is 4.79. The molecular formula is C28H33N9O. The first-order valence-corrected chi connectivity index (χ1v) is 13.0. The highest BCUT2D eigenvalue weighted by Gasteiger charge is 2.18. The minimum Gasteiger partial charge on any atom is -0.369 e. The molecule has 0 spiro atoms. The minimum atomic E-state index is -0.120.